The molecule has 4 nitrogen and oxygen atoms in total. The molecular formula is C20H25BrN2O2. The molecular weight excluding hydrogens is 380 g/mol. The predicted molar refractivity (Wildman–Crippen MR) is 103 cm³/mol. The number of halogens is 1. The third kappa shape index (κ3) is 4.27. The average molecular weight is 405 g/mol. The molecule has 0 bridgehead atoms. The largest absolute Gasteiger partial charge is 0.481 e. The molecule has 134 valence electrons. The highest BCUT2D eigenvalue weighted by Crippen LogP contribution is 2.31. The third-order valence-electron chi connectivity index (χ3n) is 4.84. The zero-order valence-corrected chi connectivity index (χ0v) is 16.4. The summed E-state index contributed by atoms with van der Waals surface area (Å²) in [6, 6.07) is 11.9. The molecule has 25 heavy (non-hydrogen) atoms. The van der Waals surface area contributed by atoms with Gasteiger partial charge in [0.1, 0.15) is 5.75 Å². The number of hydrogen-bond acceptors (Lipinski definition) is 2. The fourth-order valence-electron chi connectivity index (χ4n) is 3.50. The Kier molecular flexibility index (Phi) is 5.84. The molecule has 1 aliphatic rings. The number of benzene rings is 1. The summed E-state index contributed by atoms with van der Waals surface area (Å²) in [6.45, 7) is 2.64. The molecule has 3 rings (SSSR count). The van der Waals surface area contributed by atoms with Crippen LogP contribution >= 0.6 is 15.9 Å². The van der Waals surface area contributed by atoms with Crippen LogP contribution < -0.4 is 4.74 Å². The minimum atomic E-state index is -0.498. The molecule has 0 aliphatic carbocycles. The first-order valence-corrected chi connectivity index (χ1v) is 9.69. The van der Waals surface area contributed by atoms with Crippen LogP contribution in [0.2, 0.25) is 0 Å². The minimum Gasteiger partial charge on any atom is -0.481 e. The molecule has 0 unspecified atom stereocenters. The van der Waals surface area contributed by atoms with Crippen LogP contribution in [0.25, 0.3) is 0 Å². The van der Waals surface area contributed by atoms with Crippen LogP contribution in [-0.2, 0) is 11.8 Å². The van der Waals surface area contributed by atoms with Crippen LogP contribution in [0.1, 0.15) is 44.3 Å². The van der Waals surface area contributed by atoms with Crippen LogP contribution in [0.15, 0.2) is 47.1 Å². The van der Waals surface area contributed by atoms with Crippen LogP contribution in [0, 0.1) is 0 Å². The lowest BCUT2D eigenvalue weighted by Gasteiger charge is -2.32. The molecule has 2 aromatic rings. The molecule has 1 saturated heterocycles. The van der Waals surface area contributed by atoms with E-state index < -0.39 is 6.10 Å². The highest BCUT2D eigenvalue weighted by atomic mass is 79.9. The number of amides is 1. The maximum absolute atomic E-state index is 13.1. The van der Waals surface area contributed by atoms with Crippen molar-refractivity contribution >= 4 is 21.8 Å². The van der Waals surface area contributed by atoms with E-state index in [1.165, 1.54) is 12.1 Å². The predicted octanol–water partition coefficient (Wildman–Crippen LogP) is 4.70. The lowest BCUT2D eigenvalue weighted by atomic mass is 10.1. The quantitative estimate of drug-likeness (QED) is 0.739. The number of carbonyl (C=O) groups is 1. The average Bonchev–Trinajstić information content (AvgIpc) is 2.88. The molecule has 0 N–H and O–H groups in total. The monoisotopic (exact) mass is 404 g/mol. The SMILES string of the molecule is C[C@@H](Oc1ccc(Br)cc1)C(=O)N1CCCCC[C@@H]1c1cccn1C. The van der Waals surface area contributed by atoms with E-state index in [2.05, 4.69) is 26.6 Å². The van der Waals surface area contributed by atoms with E-state index >= 15 is 0 Å². The Morgan fingerprint density at radius 3 is 2.64 bits per heavy atom. The van der Waals surface area contributed by atoms with Gasteiger partial charge in [0.25, 0.3) is 5.91 Å². The van der Waals surface area contributed by atoms with Crippen LogP contribution in [-0.4, -0.2) is 28.0 Å². The first kappa shape index (κ1) is 18.1. The molecule has 2 heterocycles. The fourth-order valence-corrected chi connectivity index (χ4v) is 3.77. The molecule has 1 aromatic heterocycles. The van der Waals surface area contributed by atoms with E-state index in [-0.39, 0.29) is 11.9 Å². The van der Waals surface area contributed by atoms with E-state index in [1.807, 2.05) is 55.4 Å². The number of carbonyl (C=O) groups excluding carboxylic acids is 1. The summed E-state index contributed by atoms with van der Waals surface area (Å²) in [5, 5.41) is 0. The first-order valence-electron chi connectivity index (χ1n) is 8.90. The lowest BCUT2D eigenvalue weighted by Crippen LogP contribution is -2.43. The van der Waals surface area contributed by atoms with Gasteiger partial charge in [0.15, 0.2) is 6.10 Å². The summed E-state index contributed by atoms with van der Waals surface area (Å²) in [5.74, 6) is 0.783. The Bertz CT molecular complexity index is 711. The van der Waals surface area contributed by atoms with Gasteiger partial charge in [0.05, 0.1) is 6.04 Å². The second-order valence-electron chi connectivity index (χ2n) is 6.65. The summed E-state index contributed by atoms with van der Waals surface area (Å²) in [7, 11) is 2.05. The summed E-state index contributed by atoms with van der Waals surface area (Å²) >= 11 is 3.42. The number of ether oxygens (including phenoxy) is 1. The molecule has 1 fully saturated rings. The molecule has 1 amide bonds. The normalized spacial score (nSPS) is 19.3. The van der Waals surface area contributed by atoms with Gasteiger partial charge in [-0.2, -0.15) is 0 Å². The fraction of sp³-hybridized carbons (Fsp3) is 0.450. The highest BCUT2D eigenvalue weighted by molar-refractivity contribution is 9.10. The number of aryl methyl sites for hydroxylation is 1. The number of nitrogens with zero attached hydrogens (tertiary/aromatic N) is 2. The van der Waals surface area contributed by atoms with Crippen molar-refractivity contribution in [3.8, 4) is 5.75 Å². The van der Waals surface area contributed by atoms with Crippen molar-refractivity contribution in [1.82, 2.24) is 9.47 Å². The molecule has 2 atom stereocenters. The van der Waals surface area contributed by atoms with Gasteiger partial charge in [0.2, 0.25) is 0 Å². The van der Waals surface area contributed by atoms with Crippen LogP contribution in [0.5, 0.6) is 5.75 Å². The van der Waals surface area contributed by atoms with Crippen molar-refractivity contribution < 1.29 is 9.53 Å². The van der Waals surface area contributed by atoms with E-state index in [4.69, 9.17) is 4.74 Å². The van der Waals surface area contributed by atoms with Crippen molar-refractivity contribution in [2.24, 2.45) is 7.05 Å². The molecule has 0 spiro atoms. The highest BCUT2D eigenvalue weighted by Gasteiger charge is 2.31. The van der Waals surface area contributed by atoms with E-state index in [9.17, 15) is 4.79 Å². The zero-order valence-electron chi connectivity index (χ0n) is 14.8. The standard InChI is InChI=1S/C20H25BrN2O2/c1-15(25-17-11-9-16(21)10-12-17)20(24)23-14-5-3-4-7-19(23)18-8-6-13-22(18)2/h6,8-13,15,19H,3-5,7,14H2,1-2H3/t15-,19-/m1/s1. The summed E-state index contributed by atoms with van der Waals surface area (Å²) in [6.07, 6.45) is 5.94. The van der Waals surface area contributed by atoms with Crippen LogP contribution in [0.4, 0.5) is 0 Å². The van der Waals surface area contributed by atoms with Gasteiger partial charge in [-0.25, -0.2) is 0 Å². The van der Waals surface area contributed by atoms with Gasteiger partial charge in [-0.05, 0) is 56.2 Å². The topological polar surface area (TPSA) is 34.5 Å². The lowest BCUT2D eigenvalue weighted by molar-refractivity contribution is -0.140. The molecule has 0 radical (unpaired) electrons. The number of hydrogen-bond donors (Lipinski definition) is 0. The van der Waals surface area contributed by atoms with Gasteiger partial charge in [-0.1, -0.05) is 28.8 Å². The van der Waals surface area contributed by atoms with Gasteiger partial charge < -0.3 is 14.2 Å². The third-order valence-corrected chi connectivity index (χ3v) is 5.36. The Morgan fingerprint density at radius 1 is 1.20 bits per heavy atom. The first-order chi connectivity index (χ1) is 12.1. The molecule has 1 aliphatic heterocycles. The Balaban J connectivity index is 1.77. The van der Waals surface area contributed by atoms with Crippen molar-refractivity contribution in [3.63, 3.8) is 0 Å². The molecule has 0 saturated carbocycles. The zero-order chi connectivity index (χ0) is 17.8. The van der Waals surface area contributed by atoms with Crippen molar-refractivity contribution in [1.29, 1.82) is 0 Å². The second-order valence-corrected chi connectivity index (χ2v) is 7.57. The Labute approximate surface area is 157 Å². The summed E-state index contributed by atoms with van der Waals surface area (Å²) < 4.78 is 9.02. The van der Waals surface area contributed by atoms with Gasteiger partial charge in [-0.3, -0.25) is 4.79 Å². The number of aromatic nitrogens is 1. The van der Waals surface area contributed by atoms with Crippen LogP contribution in [0.3, 0.4) is 0 Å². The smallest absolute Gasteiger partial charge is 0.263 e. The molecule has 5 heteroatoms. The maximum atomic E-state index is 13.1. The van der Waals surface area contributed by atoms with E-state index in [1.54, 1.807) is 0 Å². The van der Waals surface area contributed by atoms with Gasteiger partial charge in [-0.15, -0.1) is 0 Å². The van der Waals surface area contributed by atoms with E-state index in [0.717, 1.165) is 30.3 Å². The summed E-state index contributed by atoms with van der Waals surface area (Å²) in [5.41, 5.74) is 1.20. The number of likely N-dealkylation sites (tertiary alicyclic amines) is 1. The summed E-state index contributed by atoms with van der Waals surface area (Å²) in [4.78, 5) is 15.1. The number of rotatable bonds is 4. The maximum Gasteiger partial charge on any atom is 0.263 e. The Hall–Kier alpha value is -1.75. The van der Waals surface area contributed by atoms with Crippen molar-refractivity contribution in [3.05, 3.63) is 52.8 Å². The van der Waals surface area contributed by atoms with Crippen molar-refractivity contribution in [2.75, 3.05) is 6.54 Å². The van der Waals surface area contributed by atoms with Gasteiger partial charge >= 0.3 is 0 Å². The van der Waals surface area contributed by atoms with Gasteiger partial charge in [0, 0.05) is 30.0 Å². The molecule has 1 aromatic carbocycles. The Morgan fingerprint density at radius 2 is 1.96 bits per heavy atom. The van der Waals surface area contributed by atoms with E-state index in [0.29, 0.717) is 5.75 Å². The second kappa shape index (κ2) is 8.09. The van der Waals surface area contributed by atoms with Crippen molar-refractivity contribution in [2.45, 2.75) is 44.8 Å². The minimum absolute atomic E-state index is 0.0658.